The number of benzene rings is 2. The van der Waals surface area contributed by atoms with Gasteiger partial charge >= 0.3 is 6.03 Å². The molecule has 2 amide bonds. The smallest absolute Gasteiger partial charge is 0.329 e. The Morgan fingerprint density at radius 2 is 1.64 bits per heavy atom. The van der Waals surface area contributed by atoms with Gasteiger partial charge < -0.3 is 14.2 Å². The zero-order valence-electron chi connectivity index (χ0n) is 24.4. The first kappa shape index (κ1) is 29.8. The molecule has 1 saturated heterocycles. The molecule has 4 aromatic rings. The van der Waals surface area contributed by atoms with E-state index in [0.717, 1.165) is 24.1 Å². The number of urea groups is 1. The Labute approximate surface area is 253 Å². The van der Waals surface area contributed by atoms with Gasteiger partial charge in [0, 0.05) is 62.0 Å². The summed E-state index contributed by atoms with van der Waals surface area (Å²) >= 11 is 0. The average molecular weight is 628 g/mol. The summed E-state index contributed by atoms with van der Waals surface area (Å²) in [4.78, 5) is 22.8. The van der Waals surface area contributed by atoms with Crippen molar-refractivity contribution in [2.75, 3.05) is 63.9 Å². The number of hydrogen-bond donors (Lipinski definition) is 0. The average Bonchev–Trinajstić information content (AvgIpc) is 3.42. The second-order valence-electron chi connectivity index (χ2n) is 10.5. The first-order valence-corrected chi connectivity index (χ1v) is 15.4. The van der Waals surface area contributed by atoms with Crippen molar-refractivity contribution in [3.05, 3.63) is 71.6 Å². The topological polar surface area (TPSA) is 106 Å². The fourth-order valence-corrected chi connectivity index (χ4v) is 7.29. The summed E-state index contributed by atoms with van der Waals surface area (Å²) in [6.07, 6.45) is 1.82. The molecule has 2 aromatic heterocycles. The molecule has 0 unspecified atom stereocenters. The van der Waals surface area contributed by atoms with E-state index in [1.165, 1.54) is 48.5 Å². The van der Waals surface area contributed by atoms with E-state index in [2.05, 4.69) is 9.88 Å². The fraction of sp³-hybridized carbons (Fsp3) is 0.333. The number of rotatable bonds is 8. The fourth-order valence-electron chi connectivity index (χ4n) is 5.75. The largest absolute Gasteiger partial charge is 0.493 e. The van der Waals surface area contributed by atoms with Gasteiger partial charge in [-0.2, -0.15) is 0 Å². The summed E-state index contributed by atoms with van der Waals surface area (Å²) in [5.41, 5.74) is 0.891. The number of ether oxygens (including phenoxy) is 3. The zero-order chi connectivity index (χ0) is 31.2. The Morgan fingerprint density at radius 3 is 2.27 bits per heavy atom. The number of carbonyl (C=O) groups is 1. The van der Waals surface area contributed by atoms with Gasteiger partial charge in [0.2, 0.25) is 0 Å². The predicted molar refractivity (Wildman–Crippen MR) is 159 cm³/mol. The van der Waals surface area contributed by atoms with E-state index in [4.69, 9.17) is 14.2 Å². The number of amides is 2. The maximum atomic E-state index is 15.4. The van der Waals surface area contributed by atoms with Gasteiger partial charge in [0.25, 0.3) is 10.0 Å². The Hall–Kier alpha value is -4.27. The lowest BCUT2D eigenvalue weighted by Crippen LogP contribution is -2.46. The molecule has 0 N–H and O–H groups in total. The Bertz CT molecular complexity index is 1820. The molecule has 0 aliphatic carbocycles. The minimum Gasteiger partial charge on any atom is -0.493 e. The second kappa shape index (κ2) is 11.7. The number of aromatic nitrogens is 2. The molecular weight excluding hydrogens is 596 g/mol. The molecule has 44 heavy (non-hydrogen) atoms. The monoisotopic (exact) mass is 627 g/mol. The summed E-state index contributed by atoms with van der Waals surface area (Å²) in [7, 11) is -0.152. The number of morpholine rings is 1. The molecule has 14 heteroatoms. The summed E-state index contributed by atoms with van der Waals surface area (Å²) in [5.74, 6) is -2.70. The normalized spacial score (nSPS) is 16.0. The van der Waals surface area contributed by atoms with Crippen LogP contribution in [0.4, 0.5) is 25.0 Å². The Kier molecular flexibility index (Phi) is 7.90. The SMILES string of the molecule is COc1cc(OC)c(F)c(N2Cc3cnc4c(cc(CCN5CCOCC5)n4S(=O)(=O)c4ccccc4)c3N(C)C2=O)c1F. The van der Waals surface area contributed by atoms with Crippen LogP contribution in [0.25, 0.3) is 11.0 Å². The van der Waals surface area contributed by atoms with Gasteiger partial charge in [0.15, 0.2) is 28.8 Å². The van der Waals surface area contributed by atoms with Crippen LogP contribution < -0.4 is 19.3 Å². The second-order valence-corrected chi connectivity index (χ2v) is 12.3. The van der Waals surface area contributed by atoms with Gasteiger partial charge in [-0.1, -0.05) is 18.2 Å². The molecule has 0 atom stereocenters. The number of anilines is 2. The van der Waals surface area contributed by atoms with E-state index in [9.17, 15) is 13.2 Å². The van der Waals surface area contributed by atoms with Gasteiger partial charge in [-0.25, -0.2) is 30.9 Å². The lowest BCUT2D eigenvalue weighted by atomic mass is 10.1. The highest BCUT2D eigenvalue weighted by molar-refractivity contribution is 7.90. The van der Waals surface area contributed by atoms with Crippen molar-refractivity contribution in [2.45, 2.75) is 17.9 Å². The molecule has 2 aromatic carbocycles. The summed E-state index contributed by atoms with van der Waals surface area (Å²) in [5, 5.41) is 0.429. The van der Waals surface area contributed by atoms with Crippen LogP contribution in [0.2, 0.25) is 0 Å². The third kappa shape index (κ3) is 4.92. The van der Waals surface area contributed by atoms with Crippen molar-refractivity contribution in [2.24, 2.45) is 0 Å². The van der Waals surface area contributed by atoms with Crippen LogP contribution in [-0.2, 0) is 27.7 Å². The van der Waals surface area contributed by atoms with Crippen LogP contribution in [0.1, 0.15) is 11.3 Å². The molecule has 11 nitrogen and oxygen atoms in total. The van der Waals surface area contributed by atoms with E-state index >= 15 is 8.78 Å². The van der Waals surface area contributed by atoms with Crippen LogP contribution in [0, 0.1) is 11.6 Å². The van der Waals surface area contributed by atoms with Crippen LogP contribution in [0.15, 0.2) is 53.6 Å². The molecule has 0 saturated carbocycles. The molecule has 0 spiro atoms. The van der Waals surface area contributed by atoms with E-state index < -0.39 is 33.4 Å². The number of methoxy groups -OCH3 is 2. The highest BCUT2D eigenvalue weighted by atomic mass is 32.2. The van der Waals surface area contributed by atoms with E-state index in [1.54, 1.807) is 24.3 Å². The van der Waals surface area contributed by atoms with Crippen molar-refractivity contribution in [1.29, 1.82) is 0 Å². The molecule has 4 heterocycles. The Morgan fingerprint density at radius 1 is 0.977 bits per heavy atom. The number of hydrogen-bond acceptors (Lipinski definition) is 8. The molecule has 6 rings (SSSR count). The summed E-state index contributed by atoms with van der Waals surface area (Å²) in [6.45, 7) is 3.02. The molecule has 1 fully saturated rings. The van der Waals surface area contributed by atoms with Crippen molar-refractivity contribution < 1.29 is 36.2 Å². The minimum absolute atomic E-state index is 0.0955. The third-order valence-electron chi connectivity index (χ3n) is 7.98. The number of pyridine rings is 1. The number of fused-ring (bicyclic) bond motifs is 3. The maximum absolute atomic E-state index is 15.4. The first-order valence-electron chi connectivity index (χ1n) is 14.0. The molecule has 2 aliphatic rings. The van der Waals surface area contributed by atoms with Gasteiger partial charge in [0.05, 0.1) is 44.6 Å². The van der Waals surface area contributed by atoms with Gasteiger partial charge in [-0.3, -0.25) is 14.7 Å². The van der Waals surface area contributed by atoms with Crippen LogP contribution in [0.5, 0.6) is 11.5 Å². The van der Waals surface area contributed by atoms with Crippen LogP contribution in [-0.4, -0.2) is 82.4 Å². The highest BCUT2D eigenvalue weighted by Gasteiger charge is 2.37. The van der Waals surface area contributed by atoms with E-state index in [-0.39, 0.29) is 28.6 Å². The van der Waals surface area contributed by atoms with Crippen molar-refractivity contribution >= 4 is 38.5 Å². The lowest BCUT2D eigenvalue weighted by Gasteiger charge is -2.35. The maximum Gasteiger partial charge on any atom is 0.329 e. The Balaban J connectivity index is 1.49. The molecular formula is C30H31F2N5O6S. The van der Waals surface area contributed by atoms with Crippen molar-refractivity contribution in [1.82, 2.24) is 13.9 Å². The van der Waals surface area contributed by atoms with E-state index in [0.29, 0.717) is 48.5 Å². The van der Waals surface area contributed by atoms with Gasteiger partial charge in [-0.15, -0.1) is 0 Å². The highest BCUT2D eigenvalue weighted by Crippen LogP contribution is 2.43. The first-order chi connectivity index (χ1) is 21.2. The zero-order valence-corrected chi connectivity index (χ0v) is 25.2. The predicted octanol–water partition coefficient (Wildman–Crippen LogP) is 4.02. The summed E-state index contributed by atoms with van der Waals surface area (Å²) in [6, 6.07) is 10.1. The molecule has 0 bridgehead atoms. The molecule has 0 radical (unpaired) electrons. The molecule has 232 valence electrons. The van der Waals surface area contributed by atoms with Gasteiger partial charge in [-0.05, 0) is 18.2 Å². The van der Waals surface area contributed by atoms with Crippen LogP contribution in [0.3, 0.4) is 0 Å². The van der Waals surface area contributed by atoms with Gasteiger partial charge in [0.1, 0.15) is 5.69 Å². The molecule has 2 aliphatic heterocycles. The van der Waals surface area contributed by atoms with Crippen LogP contribution >= 0.6 is 0 Å². The van der Waals surface area contributed by atoms with Crippen molar-refractivity contribution in [3.8, 4) is 11.5 Å². The number of carbonyl (C=O) groups excluding carboxylic acids is 1. The lowest BCUT2D eigenvalue weighted by molar-refractivity contribution is 0.0383. The number of halogens is 2. The number of nitrogens with zero attached hydrogens (tertiary/aromatic N) is 5. The third-order valence-corrected chi connectivity index (χ3v) is 9.73. The standard InChI is InChI=1S/C30H31F2N5O6S/c1-34-27-19(18-36(30(34)38)28-25(31)23(41-2)16-24(42-3)26(28)32)17-33-29-22(27)15-20(9-10-35-11-13-43-14-12-35)37(29)44(39,40)21-7-5-4-6-8-21/h4-8,15-17H,9-14,18H2,1-3H3. The van der Waals surface area contributed by atoms with Crippen molar-refractivity contribution in [3.63, 3.8) is 0 Å². The van der Waals surface area contributed by atoms with E-state index in [1.807, 2.05) is 0 Å². The minimum atomic E-state index is -4.07. The summed E-state index contributed by atoms with van der Waals surface area (Å²) < 4.78 is 75.7. The quantitative estimate of drug-likeness (QED) is 0.289.